The van der Waals surface area contributed by atoms with Crippen LogP contribution in [0.5, 0.6) is 0 Å². The molecular weight excluding hydrogens is 308 g/mol. The third-order valence-electron chi connectivity index (χ3n) is 7.52. The van der Waals surface area contributed by atoms with Crippen LogP contribution < -0.4 is 0 Å². The van der Waals surface area contributed by atoms with Crippen LogP contribution in [-0.2, 0) is 13.0 Å². The molecule has 0 aromatic carbocycles. The number of ketones is 1. The van der Waals surface area contributed by atoms with Gasteiger partial charge in [-0.3, -0.25) is 4.79 Å². The monoisotopic (exact) mass is 342 g/mol. The van der Waals surface area contributed by atoms with Crippen LogP contribution in [0.1, 0.15) is 74.8 Å². The Kier molecular flexibility index (Phi) is 4.79. The number of aromatic nitrogens is 1. The average Bonchev–Trinajstić information content (AvgIpc) is 3.03. The lowest BCUT2D eigenvalue weighted by molar-refractivity contribution is -0.0484. The average molecular weight is 343 g/mol. The number of fused-ring (bicyclic) bond motifs is 1. The number of carbonyl (C=O) groups is 1. The van der Waals surface area contributed by atoms with Crippen molar-refractivity contribution in [1.82, 2.24) is 9.47 Å². The fraction of sp³-hybridized carbons (Fsp3) is 0.773. The Morgan fingerprint density at radius 1 is 1.08 bits per heavy atom. The number of hydrogen-bond donors (Lipinski definition) is 0. The summed E-state index contributed by atoms with van der Waals surface area (Å²) in [5, 5.41) is 0. The van der Waals surface area contributed by atoms with Gasteiger partial charge >= 0.3 is 0 Å². The quantitative estimate of drug-likeness (QED) is 0.784. The van der Waals surface area contributed by atoms with Crippen LogP contribution in [0, 0.1) is 17.3 Å². The molecule has 2 heterocycles. The van der Waals surface area contributed by atoms with Crippen LogP contribution in [0.15, 0.2) is 12.3 Å². The van der Waals surface area contributed by atoms with E-state index in [1.807, 2.05) is 0 Å². The first-order valence-corrected chi connectivity index (χ1v) is 10.5. The molecule has 4 rings (SSSR count). The molecule has 2 aliphatic carbocycles. The zero-order chi connectivity index (χ0) is 17.4. The zero-order valence-electron chi connectivity index (χ0n) is 16.1. The molecule has 0 amide bonds. The molecule has 0 N–H and O–H groups in total. The van der Waals surface area contributed by atoms with Crippen LogP contribution in [0.25, 0.3) is 0 Å². The molecule has 25 heavy (non-hydrogen) atoms. The molecule has 2 atom stereocenters. The van der Waals surface area contributed by atoms with Gasteiger partial charge in [0.05, 0.1) is 0 Å². The number of nitrogens with zero attached hydrogens (tertiary/aromatic N) is 2. The molecule has 3 heteroatoms. The van der Waals surface area contributed by atoms with Gasteiger partial charge in [0.1, 0.15) is 0 Å². The van der Waals surface area contributed by atoms with Gasteiger partial charge in [-0.1, -0.05) is 20.3 Å². The van der Waals surface area contributed by atoms with Crippen molar-refractivity contribution in [2.75, 3.05) is 19.6 Å². The second-order valence-electron chi connectivity index (χ2n) is 9.25. The van der Waals surface area contributed by atoms with Crippen LogP contribution in [0.3, 0.4) is 0 Å². The molecule has 3 aliphatic rings. The molecule has 0 radical (unpaired) electrons. The lowest BCUT2D eigenvalue weighted by Gasteiger charge is -2.54. The number of aryl methyl sites for hydroxylation is 1. The third-order valence-corrected chi connectivity index (χ3v) is 7.52. The van der Waals surface area contributed by atoms with Crippen LogP contribution in [0.4, 0.5) is 0 Å². The Balaban J connectivity index is 1.31. The zero-order valence-corrected chi connectivity index (χ0v) is 16.1. The van der Waals surface area contributed by atoms with E-state index in [9.17, 15) is 4.79 Å². The molecule has 138 valence electrons. The van der Waals surface area contributed by atoms with Crippen molar-refractivity contribution in [3.8, 4) is 0 Å². The third kappa shape index (κ3) is 3.32. The Morgan fingerprint density at radius 2 is 1.88 bits per heavy atom. The van der Waals surface area contributed by atoms with Gasteiger partial charge in [-0.25, -0.2) is 0 Å². The number of hydrogen-bond acceptors (Lipinski definition) is 2. The summed E-state index contributed by atoms with van der Waals surface area (Å²) in [4.78, 5) is 14.7. The van der Waals surface area contributed by atoms with Crippen molar-refractivity contribution in [3.05, 3.63) is 23.5 Å². The fourth-order valence-electron chi connectivity index (χ4n) is 5.47. The molecule has 0 bridgehead atoms. The van der Waals surface area contributed by atoms with Crippen molar-refractivity contribution in [3.63, 3.8) is 0 Å². The SMILES string of the molecule is CC1(C)[C@@H](CCn2ccc3c2CCCC3=O)C[C@H]1CN1CCCCC1. The molecule has 2 fully saturated rings. The maximum atomic E-state index is 12.0. The second kappa shape index (κ2) is 6.90. The van der Waals surface area contributed by atoms with E-state index < -0.39 is 0 Å². The first-order valence-electron chi connectivity index (χ1n) is 10.5. The van der Waals surface area contributed by atoms with E-state index in [1.54, 1.807) is 0 Å². The molecule has 0 unspecified atom stereocenters. The first kappa shape index (κ1) is 17.3. The van der Waals surface area contributed by atoms with Crippen LogP contribution >= 0.6 is 0 Å². The van der Waals surface area contributed by atoms with Gasteiger partial charge in [-0.2, -0.15) is 0 Å². The summed E-state index contributed by atoms with van der Waals surface area (Å²) in [6.07, 6.45) is 11.9. The molecule has 1 aromatic rings. The Morgan fingerprint density at radius 3 is 2.64 bits per heavy atom. The number of carbonyl (C=O) groups excluding carboxylic acids is 1. The number of piperidine rings is 1. The standard InChI is InChI=1S/C22H34N2O/c1-22(2)17(15-18(22)16-23-11-4-3-5-12-23)9-13-24-14-10-19-20(24)7-6-8-21(19)25/h10,14,17-18H,3-9,11-13,15-16H2,1-2H3/t17-,18-/m0/s1. The molecule has 1 saturated heterocycles. The summed E-state index contributed by atoms with van der Waals surface area (Å²) in [5.41, 5.74) is 2.78. The molecule has 1 saturated carbocycles. The highest BCUT2D eigenvalue weighted by atomic mass is 16.1. The van der Waals surface area contributed by atoms with Crippen molar-refractivity contribution >= 4 is 5.78 Å². The smallest absolute Gasteiger partial charge is 0.164 e. The van der Waals surface area contributed by atoms with E-state index in [2.05, 4.69) is 35.6 Å². The molecular formula is C22H34N2O. The Hall–Kier alpha value is -1.09. The highest BCUT2D eigenvalue weighted by Crippen LogP contribution is 2.53. The Labute approximate surface area is 152 Å². The van der Waals surface area contributed by atoms with Gasteiger partial charge in [0, 0.05) is 37.0 Å². The lowest BCUT2D eigenvalue weighted by Crippen LogP contribution is -2.51. The summed E-state index contributed by atoms with van der Waals surface area (Å²) in [6.45, 7) is 10.0. The largest absolute Gasteiger partial charge is 0.351 e. The summed E-state index contributed by atoms with van der Waals surface area (Å²) < 4.78 is 2.38. The fourth-order valence-corrected chi connectivity index (χ4v) is 5.47. The van der Waals surface area contributed by atoms with E-state index in [0.29, 0.717) is 11.2 Å². The van der Waals surface area contributed by atoms with E-state index in [4.69, 9.17) is 0 Å². The van der Waals surface area contributed by atoms with E-state index in [1.165, 1.54) is 57.4 Å². The van der Waals surface area contributed by atoms with Crippen molar-refractivity contribution < 1.29 is 4.79 Å². The normalized spacial score (nSPS) is 29.3. The van der Waals surface area contributed by atoms with Crippen molar-refractivity contribution in [2.24, 2.45) is 17.3 Å². The van der Waals surface area contributed by atoms with Crippen molar-refractivity contribution in [2.45, 2.75) is 71.8 Å². The van der Waals surface area contributed by atoms with Crippen LogP contribution in [0.2, 0.25) is 0 Å². The van der Waals surface area contributed by atoms with Crippen LogP contribution in [-0.4, -0.2) is 34.9 Å². The highest BCUT2D eigenvalue weighted by molar-refractivity contribution is 5.98. The van der Waals surface area contributed by atoms with E-state index >= 15 is 0 Å². The minimum atomic E-state index is 0.352. The molecule has 0 spiro atoms. The topological polar surface area (TPSA) is 25.2 Å². The van der Waals surface area contributed by atoms with Gasteiger partial charge in [-0.15, -0.1) is 0 Å². The Bertz CT molecular complexity index is 624. The summed E-state index contributed by atoms with van der Waals surface area (Å²) in [7, 11) is 0. The van der Waals surface area contributed by atoms with Crippen molar-refractivity contribution in [1.29, 1.82) is 0 Å². The van der Waals surface area contributed by atoms with Gasteiger partial charge in [0.2, 0.25) is 0 Å². The highest BCUT2D eigenvalue weighted by Gasteiger charge is 2.47. The first-order chi connectivity index (χ1) is 12.1. The van der Waals surface area contributed by atoms with E-state index in [-0.39, 0.29) is 0 Å². The summed E-state index contributed by atoms with van der Waals surface area (Å²) in [6, 6.07) is 2.06. The molecule has 1 aromatic heterocycles. The predicted molar refractivity (Wildman–Crippen MR) is 102 cm³/mol. The summed E-state index contributed by atoms with van der Waals surface area (Å²) in [5.74, 6) is 2.06. The number of Topliss-reactive ketones (excluding diaryl/α,β-unsaturated/α-hetero) is 1. The van der Waals surface area contributed by atoms with E-state index in [0.717, 1.165) is 43.2 Å². The molecule has 3 nitrogen and oxygen atoms in total. The van der Waals surface area contributed by atoms with Gasteiger partial charge in [-0.05, 0) is 74.9 Å². The molecule has 1 aliphatic heterocycles. The number of likely N-dealkylation sites (tertiary alicyclic amines) is 1. The summed E-state index contributed by atoms with van der Waals surface area (Å²) >= 11 is 0. The second-order valence-corrected chi connectivity index (χ2v) is 9.25. The minimum Gasteiger partial charge on any atom is -0.351 e. The van der Waals surface area contributed by atoms with Gasteiger partial charge in [0.15, 0.2) is 5.78 Å². The number of rotatable bonds is 5. The lowest BCUT2D eigenvalue weighted by atomic mass is 9.53. The maximum absolute atomic E-state index is 12.0. The maximum Gasteiger partial charge on any atom is 0.164 e. The van der Waals surface area contributed by atoms with Gasteiger partial charge < -0.3 is 9.47 Å². The minimum absolute atomic E-state index is 0.352. The predicted octanol–water partition coefficient (Wildman–Crippen LogP) is 4.55. The van der Waals surface area contributed by atoms with Gasteiger partial charge in [0.25, 0.3) is 0 Å².